The highest BCUT2D eigenvalue weighted by Crippen LogP contribution is 2.30. The lowest BCUT2D eigenvalue weighted by Crippen LogP contribution is -2.12. The molecule has 0 atom stereocenters. The third-order valence-corrected chi connectivity index (χ3v) is 3.53. The van der Waals surface area contributed by atoms with Crippen molar-refractivity contribution in [3.05, 3.63) is 38.9 Å². The van der Waals surface area contributed by atoms with E-state index >= 15 is 0 Å². The molecule has 5 heteroatoms. The van der Waals surface area contributed by atoms with Crippen molar-refractivity contribution < 1.29 is 4.42 Å². The van der Waals surface area contributed by atoms with Crippen LogP contribution in [0.5, 0.6) is 0 Å². The Morgan fingerprint density at radius 2 is 2.29 bits per heavy atom. The number of halogens is 2. The Bertz CT molecular complexity index is 513. The van der Waals surface area contributed by atoms with Crippen LogP contribution in [-0.2, 0) is 6.54 Å². The summed E-state index contributed by atoms with van der Waals surface area (Å²) in [7, 11) is 0. The molecule has 2 aromatic rings. The van der Waals surface area contributed by atoms with Crippen molar-refractivity contribution in [3.8, 4) is 11.3 Å². The molecule has 0 bridgehead atoms. The molecule has 1 aromatic heterocycles. The summed E-state index contributed by atoms with van der Waals surface area (Å²) < 4.78 is 6.57. The number of hydrogen-bond donors (Lipinski definition) is 1. The van der Waals surface area contributed by atoms with Gasteiger partial charge >= 0.3 is 0 Å². The molecule has 17 heavy (non-hydrogen) atoms. The maximum absolute atomic E-state index is 6.01. The van der Waals surface area contributed by atoms with Crippen molar-refractivity contribution in [2.75, 3.05) is 6.54 Å². The Morgan fingerprint density at radius 1 is 1.47 bits per heavy atom. The summed E-state index contributed by atoms with van der Waals surface area (Å²) in [6.07, 6.45) is 1.47. The molecular formula is C12H12ClIN2O. The van der Waals surface area contributed by atoms with E-state index in [4.69, 9.17) is 16.0 Å². The van der Waals surface area contributed by atoms with Crippen LogP contribution in [0.4, 0.5) is 0 Å². The summed E-state index contributed by atoms with van der Waals surface area (Å²) in [5.74, 6) is 0.790. The summed E-state index contributed by atoms with van der Waals surface area (Å²) in [5, 5.41) is 3.94. The third-order valence-electron chi connectivity index (χ3n) is 2.36. The van der Waals surface area contributed by atoms with Gasteiger partial charge in [0.2, 0.25) is 0 Å². The minimum Gasteiger partial charge on any atom is -0.443 e. The van der Waals surface area contributed by atoms with E-state index < -0.39 is 0 Å². The molecule has 0 saturated heterocycles. The van der Waals surface area contributed by atoms with Gasteiger partial charge in [0, 0.05) is 20.7 Å². The molecule has 0 unspecified atom stereocenters. The second kappa shape index (κ2) is 5.84. The Labute approximate surface area is 119 Å². The quantitative estimate of drug-likeness (QED) is 0.843. The SMILES string of the molecule is CCNCc1ncoc1-c1cc(Cl)ccc1I. The molecule has 0 amide bonds. The number of hydrogen-bond acceptors (Lipinski definition) is 3. The molecule has 3 nitrogen and oxygen atoms in total. The van der Waals surface area contributed by atoms with Gasteiger partial charge in [0.25, 0.3) is 0 Å². The van der Waals surface area contributed by atoms with E-state index in [2.05, 4.69) is 39.8 Å². The van der Waals surface area contributed by atoms with Crippen molar-refractivity contribution in [2.24, 2.45) is 0 Å². The van der Waals surface area contributed by atoms with Gasteiger partial charge in [-0.2, -0.15) is 0 Å². The van der Waals surface area contributed by atoms with E-state index in [0.717, 1.165) is 27.1 Å². The van der Waals surface area contributed by atoms with Crippen LogP contribution in [0, 0.1) is 3.57 Å². The fourth-order valence-electron chi connectivity index (χ4n) is 1.53. The first-order chi connectivity index (χ1) is 8.22. The molecule has 90 valence electrons. The first-order valence-corrected chi connectivity index (χ1v) is 6.76. The standard InChI is InChI=1S/C12H12ClIN2O/c1-2-15-6-11-12(17-7-16-11)9-5-8(13)3-4-10(9)14/h3-5,7,15H,2,6H2,1H3. The zero-order valence-electron chi connectivity index (χ0n) is 9.34. The molecular weight excluding hydrogens is 351 g/mol. The van der Waals surface area contributed by atoms with Gasteiger partial charge in [0.1, 0.15) is 5.69 Å². The van der Waals surface area contributed by atoms with Gasteiger partial charge in [0.15, 0.2) is 12.2 Å². The molecule has 2 rings (SSSR count). The van der Waals surface area contributed by atoms with Crippen LogP contribution >= 0.6 is 34.2 Å². The second-order valence-electron chi connectivity index (χ2n) is 3.53. The van der Waals surface area contributed by atoms with Gasteiger partial charge in [-0.25, -0.2) is 4.98 Å². The number of oxazole rings is 1. The first-order valence-electron chi connectivity index (χ1n) is 5.31. The zero-order chi connectivity index (χ0) is 12.3. The van der Waals surface area contributed by atoms with Crippen molar-refractivity contribution in [1.29, 1.82) is 0 Å². The maximum atomic E-state index is 6.01. The molecule has 1 N–H and O–H groups in total. The molecule has 0 fully saturated rings. The molecule has 0 radical (unpaired) electrons. The zero-order valence-corrected chi connectivity index (χ0v) is 12.2. The normalized spacial score (nSPS) is 10.8. The fourth-order valence-corrected chi connectivity index (χ4v) is 2.28. The Hall–Kier alpha value is -0.590. The number of benzene rings is 1. The first kappa shape index (κ1) is 12.9. The fraction of sp³-hybridized carbons (Fsp3) is 0.250. The summed E-state index contributed by atoms with van der Waals surface area (Å²) >= 11 is 8.28. The lowest BCUT2D eigenvalue weighted by Gasteiger charge is -2.05. The maximum Gasteiger partial charge on any atom is 0.181 e. The predicted octanol–water partition coefficient (Wildman–Crippen LogP) is 3.71. The van der Waals surface area contributed by atoms with Crippen molar-refractivity contribution >= 4 is 34.2 Å². The molecule has 0 aliphatic rings. The van der Waals surface area contributed by atoms with E-state index in [1.807, 2.05) is 18.2 Å². The average molecular weight is 363 g/mol. The lowest BCUT2D eigenvalue weighted by atomic mass is 10.1. The Kier molecular flexibility index (Phi) is 4.42. The van der Waals surface area contributed by atoms with E-state index in [1.165, 1.54) is 6.39 Å². The minimum absolute atomic E-state index is 0.699. The van der Waals surface area contributed by atoms with E-state index in [0.29, 0.717) is 11.6 Å². The summed E-state index contributed by atoms with van der Waals surface area (Å²) in [4.78, 5) is 4.23. The van der Waals surface area contributed by atoms with Gasteiger partial charge in [-0.3, -0.25) is 0 Å². The highest BCUT2D eigenvalue weighted by atomic mass is 127. The van der Waals surface area contributed by atoms with Gasteiger partial charge in [-0.15, -0.1) is 0 Å². The summed E-state index contributed by atoms with van der Waals surface area (Å²) in [5.41, 5.74) is 1.90. The van der Waals surface area contributed by atoms with Crippen molar-refractivity contribution in [1.82, 2.24) is 10.3 Å². The lowest BCUT2D eigenvalue weighted by molar-refractivity contribution is 0.569. The molecule has 0 aliphatic heterocycles. The predicted molar refractivity (Wildman–Crippen MR) is 77.0 cm³/mol. The Balaban J connectivity index is 2.38. The molecule has 0 aliphatic carbocycles. The van der Waals surface area contributed by atoms with Crippen LogP contribution < -0.4 is 5.32 Å². The van der Waals surface area contributed by atoms with Gasteiger partial charge in [-0.1, -0.05) is 18.5 Å². The average Bonchev–Trinajstić information content (AvgIpc) is 2.77. The van der Waals surface area contributed by atoms with Crippen LogP contribution in [0.15, 0.2) is 29.0 Å². The van der Waals surface area contributed by atoms with E-state index in [1.54, 1.807) is 0 Å². The molecule has 0 spiro atoms. The van der Waals surface area contributed by atoms with Crippen molar-refractivity contribution in [3.63, 3.8) is 0 Å². The largest absolute Gasteiger partial charge is 0.443 e. The Morgan fingerprint density at radius 3 is 3.06 bits per heavy atom. The van der Waals surface area contributed by atoms with Crippen LogP contribution in [0.2, 0.25) is 5.02 Å². The smallest absolute Gasteiger partial charge is 0.181 e. The van der Waals surface area contributed by atoms with Gasteiger partial charge in [0.05, 0.1) is 0 Å². The van der Waals surface area contributed by atoms with Crippen molar-refractivity contribution in [2.45, 2.75) is 13.5 Å². The van der Waals surface area contributed by atoms with E-state index in [-0.39, 0.29) is 0 Å². The minimum atomic E-state index is 0.699. The number of rotatable bonds is 4. The van der Waals surface area contributed by atoms with Gasteiger partial charge in [-0.05, 0) is 47.3 Å². The number of nitrogens with zero attached hydrogens (tertiary/aromatic N) is 1. The van der Waals surface area contributed by atoms with Crippen LogP contribution in [-0.4, -0.2) is 11.5 Å². The van der Waals surface area contributed by atoms with E-state index in [9.17, 15) is 0 Å². The summed E-state index contributed by atoms with van der Waals surface area (Å²) in [6.45, 7) is 3.66. The molecule has 1 heterocycles. The summed E-state index contributed by atoms with van der Waals surface area (Å²) in [6, 6.07) is 5.74. The highest BCUT2D eigenvalue weighted by molar-refractivity contribution is 14.1. The molecule has 1 aromatic carbocycles. The van der Waals surface area contributed by atoms with Crippen LogP contribution in [0.3, 0.4) is 0 Å². The highest BCUT2D eigenvalue weighted by Gasteiger charge is 2.13. The monoisotopic (exact) mass is 362 g/mol. The number of nitrogens with one attached hydrogen (secondary N) is 1. The van der Waals surface area contributed by atoms with Gasteiger partial charge < -0.3 is 9.73 Å². The topological polar surface area (TPSA) is 38.1 Å². The van der Waals surface area contributed by atoms with Crippen LogP contribution in [0.25, 0.3) is 11.3 Å². The third kappa shape index (κ3) is 3.00. The van der Waals surface area contributed by atoms with Crippen LogP contribution in [0.1, 0.15) is 12.6 Å². The molecule has 0 saturated carbocycles. The number of aromatic nitrogens is 1. The second-order valence-corrected chi connectivity index (χ2v) is 5.13.